The van der Waals surface area contributed by atoms with Gasteiger partial charge in [0.15, 0.2) is 4.34 Å². The lowest BCUT2D eigenvalue weighted by atomic mass is 10.2. The van der Waals surface area contributed by atoms with Gasteiger partial charge in [-0.1, -0.05) is 23.9 Å². The predicted molar refractivity (Wildman–Crippen MR) is 68.4 cm³/mol. The lowest BCUT2D eigenvalue weighted by Gasteiger charge is -1.98. The van der Waals surface area contributed by atoms with E-state index in [-0.39, 0.29) is 6.61 Å². The first-order valence-corrected chi connectivity index (χ1v) is 7.15. The van der Waals surface area contributed by atoms with Gasteiger partial charge in [-0.25, -0.2) is 4.98 Å². The molecular weight excluding hydrogens is 252 g/mol. The van der Waals surface area contributed by atoms with E-state index < -0.39 is 0 Å². The maximum absolute atomic E-state index is 8.96. The van der Waals surface area contributed by atoms with Crippen molar-refractivity contribution in [3.8, 4) is 0 Å². The lowest BCUT2D eigenvalue weighted by molar-refractivity contribution is 0.282. The summed E-state index contributed by atoms with van der Waals surface area (Å²) in [5.41, 5.74) is 0.935. The van der Waals surface area contributed by atoms with E-state index in [1.807, 2.05) is 24.3 Å². The molecule has 88 valence electrons. The molecule has 0 spiro atoms. The van der Waals surface area contributed by atoms with Crippen molar-refractivity contribution in [3.63, 3.8) is 0 Å². The molecule has 5 heteroatoms. The van der Waals surface area contributed by atoms with Gasteiger partial charge in [0.25, 0.3) is 0 Å². The number of aliphatic hydroxyl groups is 1. The minimum atomic E-state index is 0.0928. The Morgan fingerprint density at radius 2 is 2.06 bits per heavy atom. The Morgan fingerprint density at radius 3 is 2.71 bits per heavy atom. The molecule has 0 saturated heterocycles. The van der Waals surface area contributed by atoms with Gasteiger partial charge in [0, 0.05) is 10.8 Å². The highest BCUT2D eigenvalue weighted by Crippen LogP contribution is 2.40. The van der Waals surface area contributed by atoms with Crippen LogP contribution in [-0.2, 0) is 6.61 Å². The van der Waals surface area contributed by atoms with Gasteiger partial charge in [0.1, 0.15) is 5.82 Å². The Morgan fingerprint density at radius 1 is 1.29 bits per heavy atom. The van der Waals surface area contributed by atoms with Crippen LogP contribution in [0.3, 0.4) is 0 Å². The van der Waals surface area contributed by atoms with Crippen LogP contribution in [0.2, 0.25) is 0 Å². The van der Waals surface area contributed by atoms with Crippen LogP contribution in [0, 0.1) is 0 Å². The van der Waals surface area contributed by atoms with Crippen molar-refractivity contribution in [2.75, 3.05) is 0 Å². The molecule has 1 aliphatic carbocycles. The van der Waals surface area contributed by atoms with E-state index in [0.717, 1.165) is 20.6 Å². The number of benzene rings is 1. The average Bonchev–Trinajstić information content (AvgIpc) is 3.12. The first kappa shape index (κ1) is 11.2. The fourth-order valence-electron chi connectivity index (χ4n) is 1.53. The van der Waals surface area contributed by atoms with Crippen LogP contribution < -0.4 is 0 Å². The number of nitrogens with zero attached hydrogens (tertiary/aromatic N) is 2. The molecule has 1 aliphatic rings. The second-order valence-corrected chi connectivity index (χ2v) is 6.17. The van der Waals surface area contributed by atoms with Crippen LogP contribution in [-0.4, -0.2) is 14.5 Å². The van der Waals surface area contributed by atoms with Crippen molar-refractivity contribution >= 4 is 23.3 Å². The number of aromatic nitrogens is 2. The molecule has 0 aliphatic heterocycles. The molecule has 3 rings (SSSR count). The van der Waals surface area contributed by atoms with Crippen LogP contribution in [0.5, 0.6) is 0 Å². The number of hydrogen-bond donors (Lipinski definition) is 1. The van der Waals surface area contributed by atoms with Crippen molar-refractivity contribution < 1.29 is 5.11 Å². The van der Waals surface area contributed by atoms with Gasteiger partial charge in [-0.05, 0) is 42.1 Å². The second-order valence-electron chi connectivity index (χ2n) is 4.10. The Bertz CT molecular complexity index is 505. The van der Waals surface area contributed by atoms with Crippen molar-refractivity contribution in [1.29, 1.82) is 0 Å². The minimum absolute atomic E-state index is 0.0928. The van der Waals surface area contributed by atoms with Crippen molar-refractivity contribution in [1.82, 2.24) is 9.36 Å². The summed E-state index contributed by atoms with van der Waals surface area (Å²) in [6.45, 7) is 0.0928. The van der Waals surface area contributed by atoms with Gasteiger partial charge in [-0.2, -0.15) is 4.37 Å². The topological polar surface area (TPSA) is 46.0 Å². The summed E-state index contributed by atoms with van der Waals surface area (Å²) >= 11 is 3.11. The first-order chi connectivity index (χ1) is 8.35. The van der Waals surface area contributed by atoms with E-state index in [1.165, 1.54) is 24.4 Å². The Hall–Kier alpha value is -0.910. The lowest BCUT2D eigenvalue weighted by Crippen LogP contribution is -1.82. The maximum Gasteiger partial charge on any atom is 0.174 e. The zero-order valence-electron chi connectivity index (χ0n) is 9.17. The fraction of sp³-hybridized carbons (Fsp3) is 0.333. The Kier molecular flexibility index (Phi) is 3.13. The Balaban J connectivity index is 1.71. The maximum atomic E-state index is 8.96. The molecule has 1 aromatic heterocycles. The van der Waals surface area contributed by atoms with Gasteiger partial charge in [0.05, 0.1) is 6.61 Å². The third-order valence-electron chi connectivity index (χ3n) is 2.68. The SMILES string of the molecule is OCc1ccc(Sc2nc(C3CC3)ns2)cc1. The first-order valence-electron chi connectivity index (χ1n) is 5.56. The number of hydrogen-bond acceptors (Lipinski definition) is 5. The largest absolute Gasteiger partial charge is 0.392 e. The summed E-state index contributed by atoms with van der Waals surface area (Å²) in [5, 5.41) is 8.96. The zero-order chi connectivity index (χ0) is 11.7. The summed E-state index contributed by atoms with van der Waals surface area (Å²) in [5.74, 6) is 1.64. The molecule has 0 atom stereocenters. The molecule has 1 N–H and O–H groups in total. The molecule has 0 radical (unpaired) electrons. The zero-order valence-corrected chi connectivity index (χ0v) is 10.8. The molecule has 1 saturated carbocycles. The molecule has 0 amide bonds. The highest BCUT2D eigenvalue weighted by Gasteiger charge is 2.27. The molecule has 1 aromatic carbocycles. The average molecular weight is 264 g/mol. The standard InChI is InChI=1S/C12H12N2OS2/c15-7-8-1-5-10(6-2-8)16-12-13-11(14-17-12)9-3-4-9/h1-2,5-6,9,15H,3-4,7H2. The molecular formula is C12H12N2OS2. The molecule has 0 unspecified atom stereocenters. The number of rotatable bonds is 4. The Labute approximate surface area is 108 Å². The van der Waals surface area contributed by atoms with Gasteiger partial charge >= 0.3 is 0 Å². The normalized spacial score (nSPS) is 15.1. The van der Waals surface area contributed by atoms with Crippen LogP contribution in [0.25, 0.3) is 0 Å². The summed E-state index contributed by atoms with van der Waals surface area (Å²) in [6, 6.07) is 7.89. The molecule has 0 bridgehead atoms. The van der Waals surface area contributed by atoms with Crippen molar-refractivity contribution in [3.05, 3.63) is 35.7 Å². The minimum Gasteiger partial charge on any atom is -0.392 e. The number of aliphatic hydroxyl groups excluding tert-OH is 1. The van der Waals surface area contributed by atoms with E-state index in [0.29, 0.717) is 5.92 Å². The highest BCUT2D eigenvalue weighted by molar-refractivity contribution is 8.01. The second kappa shape index (κ2) is 4.76. The predicted octanol–water partition coefficient (Wildman–Crippen LogP) is 3.06. The van der Waals surface area contributed by atoms with Gasteiger partial charge in [-0.3, -0.25) is 0 Å². The van der Waals surface area contributed by atoms with E-state index in [1.54, 1.807) is 11.8 Å². The van der Waals surface area contributed by atoms with Crippen molar-refractivity contribution in [2.24, 2.45) is 0 Å². The van der Waals surface area contributed by atoms with E-state index >= 15 is 0 Å². The monoisotopic (exact) mass is 264 g/mol. The molecule has 3 nitrogen and oxygen atoms in total. The molecule has 17 heavy (non-hydrogen) atoms. The van der Waals surface area contributed by atoms with E-state index in [4.69, 9.17) is 5.11 Å². The van der Waals surface area contributed by atoms with Crippen LogP contribution in [0.15, 0.2) is 33.5 Å². The smallest absolute Gasteiger partial charge is 0.174 e. The fourth-order valence-corrected chi connectivity index (χ4v) is 3.19. The van der Waals surface area contributed by atoms with Gasteiger partial charge in [-0.15, -0.1) is 0 Å². The summed E-state index contributed by atoms with van der Waals surface area (Å²) in [7, 11) is 0. The van der Waals surface area contributed by atoms with Gasteiger partial charge in [0.2, 0.25) is 0 Å². The van der Waals surface area contributed by atoms with E-state index in [9.17, 15) is 0 Å². The van der Waals surface area contributed by atoms with Crippen LogP contribution in [0.4, 0.5) is 0 Å². The van der Waals surface area contributed by atoms with Gasteiger partial charge < -0.3 is 5.11 Å². The highest BCUT2D eigenvalue weighted by atomic mass is 32.2. The summed E-state index contributed by atoms with van der Waals surface area (Å²) in [4.78, 5) is 5.67. The quantitative estimate of drug-likeness (QED) is 0.922. The summed E-state index contributed by atoms with van der Waals surface area (Å²) in [6.07, 6.45) is 2.48. The molecule has 1 fully saturated rings. The van der Waals surface area contributed by atoms with Crippen LogP contribution >= 0.6 is 23.3 Å². The van der Waals surface area contributed by atoms with Crippen molar-refractivity contribution in [2.45, 2.75) is 34.6 Å². The third-order valence-corrected chi connectivity index (χ3v) is 4.45. The molecule has 1 heterocycles. The van der Waals surface area contributed by atoms with E-state index in [2.05, 4.69) is 9.36 Å². The van der Waals surface area contributed by atoms with Crippen LogP contribution in [0.1, 0.15) is 30.1 Å². The third kappa shape index (κ3) is 2.68. The molecule has 2 aromatic rings. The summed E-state index contributed by atoms with van der Waals surface area (Å²) < 4.78 is 5.38.